The lowest BCUT2D eigenvalue weighted by Crippen LogP contribution is -2.44. The van der Waals surface area contributed by atoms with Crippen LogP contribution in [0.2, 0.25) is 0 Å². The molecule has 2 heterocycles. The second-order valence-electron chi connectivity index (χ2n) is 7.60. The molecular formula is C24H24N2O5. The number of fused-ring (bicyclic) bond motifs is 1. The molecule has 1 saturated heterocycles. The molecule has 3 aromatic rings. The summed E-state index contributed by atoms with van der Waals surface area (Å²) in [5.74, 6) is 0.282. The summed E-state index contributed by atoms with van der Waals surface area (Å²) in [5.41, 5.74) is 1.05. The third-order valence-corrected chi connectivity index (χ3v) is 5.48. The van der Waals surface area contributed by atoms with Crippen molar-refractivity contribution in [1.82, 2.24) is 10.2 Å². The largest absolute Gasteiger partial charge is 0.484 e. The Morgan fingerprint density at radius 3 is 2.55 bits per heavy atom. The summed E-state index contributed by atoms with van der Waals surface area (Å²) in [4.78, 5) is 38.0. The van der Waals surface area contributed by atoms with E-state index in [9.17, 15) is 14.4 Å². The molecule has 2 amide bonds. The highest BCUT2D eigenvalue weighted by molar-refractivity contribution is 5.81. The van der Waals surface area contributed by atoms with Crippen LogP contribution in [0.25, 0.3) is 11.0 Å². The number of rotatable bonds is 6. The maximum absolute atomic E-state index is 12.5. The molecule has 0 saturated carbocycles. The normalized spacial score (nSPS) is 14.4. The van der Waals surface area contributed by atoms with Crippen molar-refractivity contribution >= 4 is 22.8 Å². The molecule has 1 aromatic heterocycles. The monoisotopic (exact) mass is 420 g/mol. The van der Waals surface area contributed by atoms with Crippen molar-refractivity contribution < 1.29 is 18.7 Å². The van der Waals surface area contributed by atoms with E-state index >= 15 is 0 Å². The van der Waals surface area contributed by atoms with Gasteiger partial charge in [0.15, 0.2) is 6.61 Å². The summed E-state index contributed by atoms with van der Waals surface area (Å²) in [6, 6.07) is 17.9. The Hall–Kier alpha value is -3.61. The Labute approximate surface area is 179 Å². The maximum atomic E-state index is 12.5. The van der Waals surface area contributed by atoms with Crippen LogP contribution in [-0.2, 0) is 16.1 Å². The number of amides is 2. The summed E-state index contributed by atoms with van der Waals surface area (Å²) in [7, 11) is 0. The second-order valence-corrected chi connectivity index (χ2v) is 7.60. The first-order chi connectivity index (χ1) is 15.1. The van der Waals surface area contributed by atoms with Gasteiger partial charge in [0.1, 0.15) is 11.3 Å². The van der Waals surface area contributed by atoms with Gasteiger partial charge in [-0.15, -0.1) is 0 Å². The van der Waals surface area contributed by atoms with E-state index in [2.05, 4.69) is 5.32 Å². The number of piperidine rings is 1. The molecule has 7 nitrogen and oxygen atoms in total. The molecule has 0 aliphatic carbocycles. The van der Waals surface area contributed by atoms with Crippen molar-refractivity contribution in [2.24, 2.45) is 5.92 Å². The minimum absolute atomic E-state index is 0.0323. The highest BCUT2D eigenvalue weighted by atomic mass is 16.5. The molecule has 7 heteroatoms. The molecule has 160 valence electrons. The van der Waals surface area contributed by atoms with Crippen LogP contribution in [0.3, 0.4) is 0 Å². The predicted octanol–water partition coefficient (Wildman–Crippen LogP) is 2.73. The van der Waals surface area contributed by atoms with Crippen LogP contribution < -0.4 is 15.7 Å². The first kappa shape index (κ1) is 20.7. The Kier molecular flexibility index (Phi) is 6.31. The van der Waals surface area contributed by atoms with Crippen molar-refractivity contribution in [1.29, 1.82) is 0 Å². The molecular weight excluding hydrogens is 396 g/mol. The van der Waals surface area contributed by atoms with E-state index in [4.69, 9.17) is 9.15 Å². The van der Waals surface area contributed by atoms with Crippen molar-refractivity contribution in [3.63, 3.8) is 0 Å². The number of ether oxygens (including phenoxy) is 1. The van der Waals surface area contributed by atoms with Crippen molar-refractivity contribution in [2.75, 3.05) is 19.7 Å². The third-order valence-electron chi connectivity index (χ3n) is 5.48. The highest BCUT2D eigenvalue weighted by Gasteiger charge is 2.27. The lowest BCUT2D eigenvalue weighted by molar-refractivity contribution is -0.137. The van der Waals surface area contributed by atoms with Gasteiger partial charge in [-0.25, -0.2) is 4.79 Å². The fourth-order valence-electron chi connectivity index (χ4n) is 3.69. The zero-order chi connectivity index (χ0) is 21.6. The van der Waals surface area contributed by atoms with Gasteiger partial charge in [-0.1, -0.05) is 30.3 Å². The number of nitrogens with zero attached hydrogens (tertiary/aromatic N) is 1. The van der Waals surface area contributed by atoms with Crippen LogP contribution in [0, 0.1) is 5.92 Å². The summed E-state index contributed by atoms with van der Waals surface area (Å²) >= 11 is 0. The fourth-order valence-corrected chi connectivity index (χ4v) is 3.69. The molecule has 2 aromatic carbocycles. The number of nitrogens with one attached hydrogen (secondary N) is 1. The molecule has 4 rings (SSSR count). The number of hydrogen-bond donors (Lipinski definition) is 1. The third kappa shape index (κ3) is 5.31. The predicted molar refractivity (Wildman–Crippen MR) is 116 cm³/mol. The van der Waals surface area contributed by atoms with Gasteiger partial charge in [-0.05, 0) is 36.6 Å². The molecule has 0 radical (unpaired) electrons. The van der Waals surface area contributed by atoms with Crippen LogP contribution in [-0.4, -0.2) is 36.4 Å². The second kappa shape index (κ2) is 9.47. The molecule has 0 bridgehead atoms. The zero-order valence-electron chi connectivity index (χ0n) is 17.1. The van der Waals surface area contributed by atoms with Gasteiger partial charge in [-0.2, -0.15) is 0 Å². The SMILES string of the molecule is O=C(NCc1ccccc1)C1CCN(C(=O)COc2ccc3ccc(=O)oc3c2)CC1. The summed E-state index contributed by atoms with van der Waals surface area (Å²) in [6.45, 7) is 1.46. The Morgan fingerprint density at radius 1 is 1.03 bits per heavy atom. The number of benzene rings is 2. The molecule has 0 atom stereocenters. The van der Waals surface area contributed by atoms with Crippen LogP contribution in [0.4, 0.5) is 0 Å². The number of carbonyl (C=O) groups is 2. The lowest BCUT2D eigenvalue weighted by Gasteiger charge is -2.31. The molecule has 1 fully saturated rings. The topological polar surface area (TPSA) is 88.9 Å². The van der Waals surface area contributed by atoms with Gasteiger partial charge in [0.2, 0.25) is 5.91 Å². The lowest BCUT2D eigenvalue weighted by atomic mass is 9.96. The van der Waals surface area contributed by atoms with Gasteiger partial charge >= 0.3 is 5.63 Å². The Balaban J connectivity index is 1.23. The van der Waals surface area contributed by atoms with Gasteiger partial charge in [0.25, 0.3) is 5.91 Å². The summed E-state index contributed by atoms with van der Waals surface area (Å²) in [6.07, 6.45) is 1.26. The van der Waals surface area contributed by atoms with E-state index in [-0.39, 0.29) is 24.3 Å². The Bertz CT molecular complexity index is 1120. The van der Waals surface area contributed by atoms with E-state index in [1.807, 2.05) is 30.3 Å². The van der Waals surface area contributed by atoms with E-state index in [0.29, 0.717) is 43.8 Å². The van der Waals surface area contributed by atoms with Crippen LogP contribution in [0.15, 0.2) is 69.9 Å². The van der Waals surface area contributed by atoms with E-state index in [1.165, 1.54) is 6.07 Å². The molecule has 0 unspecified atom stereocenters. The van der Waals surface area contributed by atoms with E-state index in [1.54, 1.807) is 29.2 Å². The molecule has 1 aliphatic heterocycles. The molecule has 0 spiro atoms. The molecule has 1 N–H and O–H groups in total. The highest BCUT2D eigenvalue weighted by Crippen LogP contribution is 2.21. The van der Waals surface area contributed by atoms with Gasteiger partial charge < -0.3 is 19.4 Å². The average molecular weight is 420 g/mol. The molecule has 1 aliphatic rings. The van der Waals surface area contributed by atoms with Gasteiger partial charge in [-0.3, -0.25) is 9.59 Å². The van der Waals surface area contributed by atoms with Gasteiger partial charge in [0.05, 0.1) is 0 Å². The standard InChI is InChI=1S/C24H24N2O5/c27-22(16-30-20-8-6-18-7-9-23(28)31-21(18)14-20)26-12-10-19(11-13-26)24(29)25-15-17-4-2-1-3-5-17/h1-9,14,19H,10-13,15-16H2,(H,25,29). The number of hydrogen-bond acceptors (Lipinski definition) is 5. The Morgan fingerprint density at radius 2 is 1.77 bits per heavy atom. The minimum atomic E-state index is -0.434. The first-order valence-electron chi connectivity index (χ1n) is 10.3. The van der Waals surface area contributed by atoms with Gasteiger partial charge in [0, 0.05) is 43.1 Å². The van der Waals surface area contributed by atoms with Crippen molar-refractivity contribution in [2.45, 2.75) is 19.4 Å². The first-order valence-corrected chi connectivity index (χ1v) is 10.3. The minimum Gasteiger partial charge on any atom is -0.484 e. The van der Waals surface area contributed by atoms with Crippen LogP contribution >= 0.6 is 0 Å². The number of carbonyl (C=O) groups excluding carboxylic acids is 2. The molecule has 31 heavy (non-hydrogen) atoms. The maximum Gasteiger partial charge on any atom is 0.336 e. The van der Waals surface area contributed by atoms with Crippen molar-refractivity contribution in [3.05, 3.63) is 76.6 Å². The van der Waals surface area contributed by atoms with E-state index in [0.717, 1.165) is 10.9 Å². The quantitative estimate of drug-likeness (QED) is 0.620. The zero-order valence-corrected chi connectivity index (χ0v) is 17.1. The summed E-state index contributed by atoms with van der Waals surface area (Å²) in [5, 5.41) is 3.76. The van der Waals surface area contributed by atoms with Crippen LogP contribution in [0.1, 0.15) is 18.4 Å². The average Bonchev–Trinajstić information content (AvgIpc) is 2.81. The van der Waals surface area contributed by atoms with Crippen molar-refractivity contribution in [3.8, 4) is 5.75 Å². The van der Waals surface area contributed by atoms with E-state index < -0.39 is 5.63 Å². The fraction of sp³-hybridized carbons (Fsp3) is 0.292. The number of likely N-dealkylation sites (tertiary alicyclic amines) is 1. The van der Waals surface area contributed by atoms with Crippen LogP contribution in [0.5, 0.6) is 5.75 Å². The smallest absolute Gasteiger partial charge is 0.336 e. The summed E-state index contributed by atoms with van der Waals surface area (Å²) < 4.78 is 10.7.